The Hall–Kier alpha value is -2.73. The molecule has 0 atom stereocenters. The molecule has 0 fully saturated rings. The number of aldehydes is 1. The van der Waals surface area contributed by atoms with E-state index in [-0.39, 0.29) is 23.6 Å². The highest BCUT2D eigenvalue weighted by atomic mass is 16.6. The van der Waals surface area contributed by atoms with E-state index in [0.717, 1.165) is 11.6 Å². The number of nitrogens with zero attached hydrogens (tertiary/aromatic N) is 1. The highest BCUT2D eigenvalue weighted by Gasteiger charge is 2.13. The Morgan fingerprint density at radius 2 is 1.95 bits per heavy atom. The number of hydrogen-bond acceptors (Lipinski definition) is 5. The number of para-hydroxylation sites is 1. The molecule has 2 rings (SSSR count). The number of non-ortho nitro benzene ring substituents is 1. The number of nitro groups is 1. The van der Waals surface area contributed by atoms with Crippen LogP contribution in [0.4, 0.5) is 5.69 Å². The van der Waals surface area contributed by atoms with E-state index >= 15 is 0 Å². The predicted molar refractivity (Wildman–Crippen MR) is 75.8 cm³/mol. The molecule has 0 aliphatic rings. The molecule has 0 amide bonds. The first-order valence-electron chi connectivity index (χ1n) is 6.26. The fourth-order valence-corrected chi connectivity index (χ4v) is 1.88. The highest BCUT2D eigenvalue weighted by molar-refractivity contribution is 5.81. The second-order valence-electron chi connectivity index (χ2n) is 4.28. The van der Waals surface area contributed by atoms with Crippen LogP contribution in [0.1, 0.15) is 15.9 Å². The van der Waals surface area contributed by atoms with Crippen LogP contribution < -0.4 is 4.74 Å². The van der Waals surface area contributed by atoms with Gasteiger partial charge in [0.05, 0.1) is 10.5 Å². The van der Waals surface area contributed by atoms with E-state index in [1.807, 2.05) is 6.07 Å². The lowest BCUT2D eigenvalue weighted by Gasteiger charge is -2.11. The molecule has 0 saturated heterocycles. The summed E-state index contributed by atoms with van der Waals surface area (Å²) in [7, 11) is 0. The molecule has 0 radical (unpaired) electrons. The molecule has 2 aromatic carbocycles. The van der Waals surface area contributed by atoms with Crippen LogP contribution in [0.3, 0.4) is 0 Å². The van der Waals surface area contributed by atoms with Crippen LogP contribution in [0.2, 0.25) is 0 Å². The van der Waals surface area contributed by atoms with E-state index in [1.54, 1.807) is 18.2 Å². The second-order valence-corrected chi connectivity index (χ2v) is 4.28. The summed E-state index contributed by atoms with van der Waals surface area (Å²) in [4.78, 5) is 21.2. The summed E-state index contributed by atoms with van der Waals surface area (Å²) in [6.45, 7) is -0.0266. The highest BCUT2D eigenvalue weighted by Crippen LogP contribution is 2.30. The number of benzene rings is 2. The zero-order valence-corrected chi connectivity index (χ0v) is 11.1. The van der Waals surface area contributed by atoms with Crippen molar-refractivity contribution in [3.8, 4) is 11.5 Å². The number of carbonyl (C=O) groups is 1. The third-order valence-electron chi connectivity index (χ3n) is 2.90. The standard InChI is InChI=1S/C15H13NO5/c17-8-7-11-3-1-2-4-14(11)21-15-6-5-13(16(19)20)9-12(15)10-18/h1-6,9-10,17H,7-8H2. The summed E-state index contributed by atoms with van der Waals surface area (Å²) in [6.07, 6.45) is 0.927. The minimum absolute atomic E-state index is 0.0266. The van der Waals surface area contributed by atoms with Gasteiger partial charge >= 0.3 is 0 Å². The van der Waals surface area contributed by atoms with Crippen molar-refractivity contribution >= 4 is 12.0 Å². The van der Waals surface area contributed by atoms with E-state index in [2.05, 4.69) is 0 Å². The molecule has 0 bridgehead atoms. The summed E-state index contributed by atoms with van der Waals surface area (Å²) < 4.78 is 5.65. The van der Waals surface area contributed by atoms with Crippen LogP contribution in [-0.2, 0) is 6.42 Å². The molecular formula is C15H13NO5. The fraction of sp³-hybridized carbons (Fsp3) is 0.133. The Morgan fingerprint density at radius 1 is 1.19 bits per heavy atom. The molecule has 6 heteroatoms. The van der Waals surface area contributed by atoms with E-state index in [4.69, 9.17) is 9.84 Å². The number of rotatable bonds is 6. The Morgan fingerprint density at radius 3 is 2.62 bits per heavy atom. The van der Waals surface area contributed by atoms with Gasteiger partial charge in [-0.2, -0.15) is 0 Å². The van der Waals surface area contributed by atoms with Crippen molar-refractivity contribution in [1.29, 1.82) is 0 Å². The molecule has 0 saturated carbocycles. The molecule has 0 aliphatic heterocycles. The number of aliphatic hydroxyl groups excluding tert-OH is 1. The van der Waals surface area contributed by atoms with Gasteiger partial charge in [0, 0.05) is 18.7 Å². The van der Waals surface area contributed by atoms with Crippen molar-refractivity contribution in [2.24, 2.45) is 0 Å². The van der Waals surface area contributed by atoms with Crippen molar-refractivity contribution in [3.05, 3.63) is 63.7 Å². The fourth-order valence-electron chi connectivity index (χ4n) is 1.88. The number of hydrogen-bond donors (Lipinski definition) is 1. The molecule has 2 aromatic rings. The van der Waals surface area contributed by atoms with Crippen molar-refractivity contribution in [1.82, 2.24) is 0 Å². The zero-order valence-electron chi connectivity index (χ0n) is 11.1. The molecule has 6 nitrogen and oxygen atoms in total. The molecule has 0 aliphatic carbocycles. The van der Waals surface area contributed by atoms with Gasteiger partial charge in [-0.3, -0.25) is 14.9 Å². The topological polar surface area (TPSA) is 89.7 Å². The first kappa shape index (κ1) is 14.7. The first-order valence-corrected chi connectivity index (χ1v) is 6.26. The van der Waals surface area contributed by atoms with E-state index in [1.165, 1.54) is 12.1 Å². The molecule has 0 aromatic heterocycles. The lowest BCUT2D eigenvalue weighted by molar-refractivity contribution is -0.384. The molecule has 108 valence electrons. The molecule has 0 spiro atoms. The summed E-state index contributed by atoms with van der Waals surface area (Å²) in [5.74, 6) is 0.740. The van der Waals surface area contributed by atoms with Crippen LogP contribution >= 0.6 is 0 Å². The normalized spacial score (nSPS) is 10.1. The van der Waals surface area contributed by atoms with Crippen molar-refractivity contribution < 1.29 is 19.6 Å². The average Bonchev–Trinajstić information content (AvgIpc) is 2.49. The Kier molecular flexibility index (Phi) is 4.63. The minimum Gasteiger partial charge on any atom is -0.456 e. The van der Waals surface area contributed by atoms with Gasteiger partial charge < -0.3 is 9.84 Å². The van der Waals surface area contributed by atoms with Crippen molar-refractivity contribution in [3.63, 3.8) is 0 Å². The molecule has 0 heterocycles. The molecular weight excluding hydrogens is 274 g/mol. The van der Waals surface area contributed by atoms with Crippen LogP contribution in [0.25, 0.3) is 0 Å². The van der Waals surface area contributed by atoms with E-state index in [9.17, 15) is 14.9 Å². The van der Waals surface area contributed by atoms with Gasteiger partial charge in [-0.1, -0.05) is 18.2 Å². The predicted octanol–water partition coefficient (Wildman–Crippen LogP) is 2.73. The van der Waals surface area contributed by atoms with Gasteiger partial charge in [0.1, 0.15) is 11.5 Å². The van der Waals surface area contributed by atoms with E-state index in [0.29, 0.717) is 18.5 Å². The smallest absolute Gasteiger partial charge is 0.270 e. The Labute approximate surface area is 120 Å². The summed E-state index contributed by atoms with van der Waals surface area (Å²) in [6, 6.07) is 10.9. The van der Waals surface area contributed by atoms with E-state index < -0.39 is 4.92 Å². The molecule has 1 N–H and O–H groups in total. The molecule has 21 heavy (non-hydrogen) atoms. The van der Waals surface area contributed by atoms with Crippen molar-refractivity contribution in [2.75, 3.05) is 6.61 Å². The van der Waals surface area contributed by atoms with Crippen LogP contribution in [0, 0.1) is 10.1 Å². The number of ether oxygens (including phenoxy) is 1. The third kappa shape index (κ3) is 3.43. The first-order chi connectivity index (χ1) is 10.2. The van der Waals surface area contributed by atoms with Gasteiger partial charge in [0.25, 0.3) is 5.69 Å². The second kappa shape index (κ2) is 6.62. The quantitative estimate of drug-likeness (QED) is 0.501. The van der Waals surface area contributed by atoms with Gasteiger partial charge in [-0.15, -0.1) is 0 Å². The SMILES string of the molecule is O=Cc1cc([N+](=O)[O-])ccc1Oc1ccccc1CCO. The maximum Gasteiger partial charge on any atom is 0.270 e. The van der Waals surface area contributed by atoms with Crippen LogP contribution in [0.15, 0.2) is 42.5 Å². The van der Waals surface area contributed by atoms with Gasteiger partial charge in [0.2, 0.25) is 0 Å². The Bertz CT molecular complexity index is 669. The van der Waals surface area contributed by atoms with Crippen molar-refractivity contribution in [2.45, 2.75) is 6.42 Å². The Balaban J connectivity index is 2.35. The van der Waals surface area contributed by atoms with Crippen LogP contribution in [-0.4, -0.2) is 22.9 Å². The summed E-state index contributed by atoms with van der Waals surface area (Å²) >= 11 is 0. The summed E-state index contributed by atoms with van der Waals surface area (Å²) in [5.41, 5.74) is 0.714. The largest absolute Gasteiger partial charge is 0.456 e. The number of nitro benzene ring substituents is 1. The maximum absolute atomic E-state index is 11.1. The third-order valence-corrected chi connectivity index (χ3v) is 2.90. The van der Waals surface area contributed by atoms with Crippen LogP contribution in [0.5, 0.6) is 11.5 Å². The van der Waals surface area contributed by atoms with Gasteiger partial charge in [-0.25, -0.2) is 0 Å². The minimum atomic E-state index is -0.573. The number of carbonyl (C=O) groups excluding carboxylic acids is 1. The average molecular weight is 287 g/mol. The maximum atomic E-state index is 11.1. The molecule has 0 unspecified atom stereocenters. The lowest BCUT2D eigenvalue weighted by Crippen LogP contribution is -1.98. The van der Waals surface area contributed by atoms with Gasteiger partial charge in [-0.05, 0) is 24.1 Å². The monoisotopic (exact) mass is 287 g/mol. The number of aliphatic hydroxyl groups is 1. The van der Waals surface area contributed by atoms with Gasteiger partial charge in [0.15, 0.2) is 6.29 Å². The summed E-state index contributed by atoms with van der Waals surface area (Å²) in [5, 5.41) is 19.7. The lowest BCUT2D eigenvalue weighted by atomic mass is 10.1. The zero-order chi connectivity index (χ0) is 15.2.